The number of ketones is 1. The van der Waals surface area contributed by atoms with Crippen LogP contribution in [-0.4, -0.2) is 5.78 Å². The van der Waals surface area contributed by atoms with Gasteiger partial charge < -0.3 is 0 Å². The number of hydrogen-bond donors (Lipinski definition) is 0. The average Bonchev–Trinajstić information content (AvgIpc) is 3.03. The van der Waals surface area contributed by atoms with Gasteiger partial charge in [-0.05, 0) is 43.4 Å². The lowest BCUT2D eigenvalue weighted by atomic mass is 10.0. The van der Waals surface area contributed by atoms with E-state index in [2.05, 4.69) is 6.07 Å². The number of aryl methyl sites for hydroxylation is 2. The summed E-state index contributed by atoms with van der Waals surface area (Å²) < 4.78 is 0. The second kappa shape index (κ2) is 4.36. The maximum absolute atomic E-state index is 11.5. The quantitative estimate of drug-likeness (QED) is 0.762. The summed E-state index contributed by atoms with van der Waals surface area (Å²) in [6.45, 7) is 1.99. The number of carbonyl (C=O) groups is 1. The lowest BCUT2D eigenvalue weighted by Gasteiger charge is -2.03. The largest absolute Gasteiger partial charge is 0.299 e. The summed E-state index contributed by atoms with van der Waals surface area (Å²) in [5.74, 6) is 0.803. The minimum absolute atomic E-state index is 0.380. The number of halogens is 1. The predicted octanol–water partition coefficient (Wildman–Crippen LogP) is 3.56. The Labute approximate surface area is 95.4 Å². The molecule has 0 N–H and O–H groups in total. The van der Waals surface area contributed by atoms with Crippen LogP contribution in [0.3, 0.4) is 0 Å². The third kappa shape index (κ3) is 2.82. The van der Waals surface area contributed by atoms with E-state index in [1.807, 2.05) is 19.1 Å². The maximum Gasteiger partial charge on any atom is 0.136 e. The zero-order valence-corrected chi connectivity index (χ0v) is 9.68. The minimum Gasteiger partial charge on any atom is -0.299 e. The van der Waals surface area contributed by atoms with Gasteiger partial charge in [0, 0.05) is 17.4 Å². The van der Waals surface area contributed by atoms with Crippen LogP contribution in [0.5, 0.6) is 0 Å². The van der Waals surface area contributed by atoms with E-state index in [-0.39, 0.29) is 0 Å². The van der Waals surface area contributed by atoms with Crippen LogP contribution in [0.2, 0.25) is 5.02 Å². The Morgan fingerprint density at radius 2 is 2.20 bits per heavy atom. The summed E-state index contributed by atoms with van der Waals surface area (Å²) >= 11 is 6.02. The molecule has 2 rings (SSSR count). The molecule has 0 heterocycles. The van der Waals surface area contributed by atoms with E-state index in [4.69, 9.17) is 11.6 Å². The number of hydrogen-bond acceptors (Lipinski definition) is 1. The van der Waals surface area contributed by atoms with E-state index in [9.17, 15) is 4.79 Å². The minimum atomic E-state index is 0.380. The zero-order valence-electron chi connectivity index (χ0n) is 8.92. The summed E-state index contributed by atoms with van der Waals surface area (Å²) in [5.41, 5.74) is 2.26. The third-order valence-corrected chi connectivity index (χ3v) is 3.34. The molecule has 1 aliphatic rings. The Morgan fingerprint density at radius 3 is 2.80 bits per heavy atom. The number of carbonyl (C=O) groups excluding carboxylic acids is 1. The fourth-order valence-electron chi connectivity index (χ4n) is 1.67. The van der Waals surface area contributed by atoms with Gasteiger partial charge in [-0.2, -0.15) is 0 Å². The first kappa shape index (κ1) is 10.7. The number of Topliss-reactive ketones (excluding diaryl/α,β-unsaturated/α-hetero) is 1. The Hall–Kier alpha value is -0.820. The van der Waals surface area contributed by atoms with E-state index in [1.54, 1.807) is 0 Å². The Morgan fingerprint density at radius 1 is 1.47 bits per heavy atom. The molecule has 0 bridgehead atoms. The summed E-state index contributed by atoms with van der Waals surface area (Å²) in [6.07, 6.45) is 3.71. The molecular formula is C13H15ClO. The van der Waals surface area contributed by atoms with Gasteiger partial charge in [0.2, 0.25) is 0 Å². The van der Waals surface area contributed by atoms with Gasteiger partial charge in [0.05, 0.1) is 0 Å². The highest BCUT2D eigenvalue weighted by molar-refractivity contribution is 6.31. The second-order valence-corrected chi connectivity index (χ2v) is 4.73. The maximum atomic E-state index is 11.5. The van der Waals surface area contributed by atoms with Crippen molar-refractivity contribution in [2.45, 2.75) is 32.6 Å². The van der Waals surface area contributed by atoms with Gasteiger partial charge in [-0.1, -0.05) is 23.7 Å². The van der Waals surface area contributed by atoms with Crippen molar-refractivity contribution in [3.05, 3.63) is 34.3 Å². The highest BCUT2D eigenvalue weighted by Crippen LogP contribution is 2.31. The average molecular weight is 223 g/mol. The predicted molar refractivity (Wildman–Crippen MR) is 62.2 cm³/mol. The second-order valence-electron chi connectivity index (χ2n) is 4.32. The van der Waals surface area contributed by atoms with Gasteiger partial charge in [0.1, 0.15) is 5.78 Å². The zero-order chi connectivity index (χ0) is 10.8. The molecule has 80 valence electrons. The SMILES string of the molecule is Cc1ccc(CCC(=O)C2CC2)cc1Cl. The Balaban J connectivity index is 1.92. The summed E-state index contributed by atoms with van der Waals surface area (Å²) in [5, 5.41) is 0.798. The molecule has 0 amide bonds. The van der Waals surface area contributed by atoms with Crippen LogP contribution < -0.4 is 0 Å². The summed E-state index contributed by atoms with van der Waals surface area (Å²) in [6, 6.07) is 6.04. The van der Waals surface area contributed by atoms with Crippen molar-refractivity contribution in [3.63, 3.8) is 0 Å². The van der Waals surface area contributed by atoms with E-state index in [1.165, 1.54) is 5.56 Å². The highest BCUT2D eigenvalue weighted by atomic mass is 35.5. The molecule has 1 aromatic rings. The van der Waals surface area contributed by atoms with Gasteiger partial charge in [0.25, 0.3) is 0 Å². The van der Waals surface area contributed by atoms with Crippen LogP contribution in [-0.2, 0) is 11.2 Å². The van der Waals surface area contributed by atoms with Crippen molar-refractivity contribution in [2.75, 3.05) is 0 Å². The number of rotatable bonds is 4. The Bertz CT molecular complexity index is 380. The standard InChI is InChI=1S/C13H15ClO/c1-9-2-3-10(8-12(9)14)4-7-13(15)11-5-6-11/h2-3,8,11H,4-7H2,1H3. The Kier molecular flexibility index (Phi) is 3.11. The first-order chi connectivity index (χ1) is 7.16. The molecule has 15 heavy (non-hydrogen) atoms. The molecule has 1 aromatic carbocycles. The topological polar surface area (TPSA) is 17.1 Å². The van der Waals surface area contributed by atoms with Gasteiger partial charge in [-0.25, -0.2) is 0 Å². The van der Waals surface area contributed by atoms with Crippen molar-refractivity contribution in [1.82, 2.24) is 0 Å². The lowest BCUT2D eigenvalue weighted by molar-refractivity contribution is -0.120. The lowest BCUT2D eigenvalue weighted by Crippen LogP contribution is -2.02. The first-order valence-electron chi connectivity index (χ1n) is 5.44. The molecule has 1 fully saturated rings. The smallest absolute Gasteiger partial charge is 0.136 e. The molecule has 0 aromatic heterocycles. The fraction of sp³-hybridized carbons (Fsp3) is 0.462. The van der Waals surface area contributed by atoms with Crippen molar-refractivity contribution in [1.29, 1.82) is 0 Å². The van der Waals surface area contributed by atoms with E-state index < -0.39 is 0 Å². The van der Waals surface area contributed by atoms with Crippen molar-refractivity contribution in [2.24, 2.45) is 5.92 Å². The molecule has 1 saturated carbocycles. The molecule has 0 unspecified atom stereocenters. The van der Waals surface area contributed by atoms with Gasteiger partial charge in [0.15, 0.2) is 0 Å². The van der Waals surface area contributed by atoms with E-state index in [0.29, 0.717) is 18.1 Å². The highest BCUT2D eigenvalue weighted by Gasteiger charge is 2.28. The summed E-state index contributed by atoms with van der Waals surface area (Å²) in [4.78, 5) is 11.5. The van der Waals surface area contributed by atoms with Gasteiger partial charge >= 0.3 is 0 Å². The van der Waals surface area contributed by atoms with Crippen molar-refractivity contribution < 1.29 is 4.79 Å². The van der Waals surface area contributed by atoms with E-state index in [0.717, 1.165) is 29.8 Å². The van der Waals surface area contributed by atoms with Crippen molar-refractivity contribution >= 4 is 17.4 Å². The molecule has 1 nitrogen and oxygen atoms in total. The van der Waals surface area contributed by atoms with Crippen LogP contribution >= 0.6 is 11.6 Å². The first-order valence-corrected chi connectivity index (χ1v) is 5.82. The van der Waals surface area contributed by atoms with Crippen LogP contribution in [0.25, 0.3) is 0 Å². The summed E-state index contributed by atoms with van der Waals surface area (Å²) in [7, 11) is 0. The molecule has 1 aliphatic carbocycles. The fourth-order valence-corrected chi connectivity index (χ4v) is 1.87. The van der Waals surface area contributed by atoms with Crippen LogP contribution in [0.15, 0.2) is 18.2 Å². The van der Waals surface area contributed by atoms with E-state index >= 15 is 0 Å². The van der Waals surface area contributed by atoms with Crippen LogP contribution in [0, 0.1) is 12.8 Å². The molecule has 2 heteroatoms. The van der Waals surface area contributed by atoms with Gasteiger partial charge in [-0.3, -0.25) is 4.79 Å². The molecule has 0 aliphatic heterocycles. The molecule has 0 spiro atoms. The molecule has 0 saturated heterocycles. The van der Waals surface area contributed by atoms with Crippen LogP contribution in [0.4, 0.5) is 0 Å². The molecule has 0 atom stereocenters. The molecular weight excluding hydrogens is 208 g/mol. The third-order valence-electron chi connectivity index (χ3n) is 2.93. The van der Waals surface area contributed by atoms with Gasteiger partial charge in [-0.15, -0.1) is 0 Å². The number of benzene rings is 1. The monoisotopic (exact) mass is 222 g/mol. The van der Waals surface area contributed by atoms with Crippen LogP contribution in [0.1, 0.15) is 30.4 Å². The normalized spacial score (nSPS) is 15.3. The molecule has 0 radical (unpaired) electrons. The van der Waals surface area contributed by atoms with Crippen molar-refractivity contribution in [3.8, 4) is 0 Å².